The Hall–Kier alpha value is -0.0900. The van der Waals surface area contributed by atoms with Gasteiger partial charge in [0.05, 0.1) is 16.3 Å². The van der Waals surface area contributed by atoms with E-state index in [9.17, 15) is 0 Å². The molecule has 1 N–H and O–H groups in total. The Morgan fingerprint density at radius 1 is 1.46 bits per heavy atom. The largest absolute Gasteiger partial charge is 0.392 e. The van der Waals surface area contributed by atoms with E-state index in [0.29, 0.717) is 0 Å². The zero-order chi connectivity index (χ0) is 9.42. The van der Waals surface area contributed by atoms with Crippen LogP contribution in [0.4, 0.5) is 0 Å². The van der Waals surface area contributed by atoms with Gasteiger partial charge in [0.25, 0.3) is 0 Å². The van der Waals surface area contributed by atoms with E-state index in [-0.39, 0.29) is 6.61 Å². The van der Waals surface area contributed by atoms with E-state index < -0.39 is 0 Å². The van der Waals surface area contributed by atoms with Gasteiger partial charge in [0.2, 0.25) is 0 Å². The lowest BCUT2D eigenvalue weighted by atomic mass is 10.2. The predicted molar refractivity (Wildman–Crippen MR) is 60.5 cm³/mol. The Morgan fingerprint density at radius 2 is 2.23 bits per heavy atom. The number of aliphatic hydroxyl groups is 1. The maximum absolute atomic E-state index is 9.03. The van der Waals surface area contributed by atoms with Crippen molar-refractivity contribution in [3.63, 3.8) is 0 Å². The van der Waals surface area contributed by atoms with Gasteiger partial charge in [-0.3, -0.25) is 0 Å². The highest BCUT2D eigenvalue weighted by molar-refractivity contribution is 9.10. The van der Waals surface area contributed by atoms with Gasteiger partial charge in [0, 0.05) is 15.2 Å². The Morgan fingerprint density at radius 3 is 2.92 bits per heavy atom. The molecular weight excluding hydrogens is 272 g/mol. The van der Waals surface area contributed by atoms with Gasteiger partial charge < -0.3 is 5.11 Å². The Bertz CT molecular complexity index is 452. The molecule has 1 heterocycles. The van der Waals surface area contributed by atoms with Crippen molar-refractivity contribution in [3.8, 4) is 0 Å². The summed E-state index contributed by atoms with van der Waals surface area (Å²) in [5, 5.41) is 12.7. The highest BCUT2D eigenvalue weighted by Gasteiger charge is 2.08. The first kappa shape index (κ1) is 9.46. The van der Waals surface area contributed by atoms with E-state index in [1.807, 2.05) is 17.5 Å². The quantitative estimate of drug-likeness (QED) is 0.840. The van der Waals surface area contributed by atoms with Crippen LogP contribution in [0.25, 0.3) is 10.1 Å². The third-order valence-electron chi connectivity index (χ3n) is 1.88. The first-order valence-corrected chi connectivity index (χ1v) is 5.74. The summed E-state index contributed by atoms with van der Waals surface area (Å²) in [6.45, 7) is 0.0477. The number of fused-ring (bicyclic) bond motifs is 1. The van der Waals surface area contributed by atoms with Crippen LogP contribution < -0.4 is 0 Å². The molecule has 0 saturated heterocycles. The van der Waals surface area contributed by atoms with Gasteiger partial charge in [-0.2, -0.15) is 0 Å². The monoisotopic (exact) mass is 276 g/mol. The van der Waals surface area contributed by atoms with Crippen LogP contribution in [-0.4, -0.2) is 5.11 Å². The van der Waals surface area contributed by atoms with Crippen molar-refractivity contribution in [3.05, 3.63) is 32.6 Å². The Labute approximate surface area is 93.1 Å². The first-order valence-electron chi connectivity index (χ1n) is 3.69. The van der Waals surface area contributed by atoms with Crippen molar-refractivity contribution in [1.29, 1.82) is 0 Å². The molecule has 2 rings (SSSR count). The van der Waals surface area contributed by atoms with Crippen molar-refractivity contribution in [2.24, 2.45) is 0 Å². The summed E-state index contributed by atoms with van der Waals surface area (Å²) in [7, 11) is 0. The molecule has 0 aliphatic rings. The lowest BCUT2D eigenvalue weighted by Crippen LogP contribution is -1.83. The summed E-state index contributed by atoms with van der Waals surface area (Å²) in [6, 6.07) is 3.81. The number of rotatable bonds is 1. The second-order valence-electron chi connectivity index (χ2n) is 2.66. The van der Waals surface area contributed by atoms with Crippen LogP contribution >= 0.6 is 38.9 Å². The maximum atomic E-state index is 9.03. The van der Waals surface area contributed by atoms with Crippen LogP contribution in [0.3, 0.4) is 0 Å². The minimum atomic E-state index is 0.0477. The van der Waals surface area contributed by atoms with Gasteiger partial charge in [-0.1, -0.05) is 23.7 Å². The molecular formula is C9H6BrClOS. The Balaban J connectivity index is 2.80. The Kier molecular flexibility index (Phi) is 2.60. The smallest absolute Gasteiger partial charge is 0.0693 e. The van der Waals surface area contributed by atoms with Crippen molar-refractivity contribution in [2.45, 2.75) is 6.61 Å². The van der Waals surface area contributed by atoms with Crippen molar-refractivity contribution in [1.82, 2.24) is 0 Å². The molecule has 1 aromatic carbocycles. The van der Waals surface area contributed by atoms with Gasteiger partial charge in [0.15, 0.2) is 0 Å². The second-order valence-corrected chi connectivity index (χ2v) is 4.74. The van der Waals surface area contributed by atoms with E-state index in [2.05, 4.69) is 15.9 Å². The minimum absolute atomic E-state index is 0.0477. The lowest BCUT2D eigenvalue weighted by molar-refractivity contribution is 0.281. The van der Waals surface area contributed by atoms with Crippen LogP contribution in [0.1, 0.15) is 5.56 Å². The second kappa shape index (κ2) is 3.58. The summed E-state index contributed by atoms with van der Waals surface area (Å²) in [4.78, 5) is 0. The van der Waals surface area contributed by atoms with E-state index in [1.165, 1.54) is 0 Å². The molecule has 0 amide bonds. The normalized spacial score (nSPS) is 11.0. The molecule has 0 aliphatic heterocycles. The van der Waals surface area contributed by atoms with E-state index >= 15 is 0 Å². The minimum Gasteiger partial charge on any atom is -0.392 e. The van der Waals surface area contributed by atoms with E-state index in [1.54, 1.807) is 11.3 Å². The molecule has 0 atom stereocenters. The molecule has 0 bridgehead atoms. The van der Waals surface area contributed by atoms with E-state index in [4.69, 9.17) is 16.7 Å². The van der Waals surface area contributed by atoms with Crippen LogP contribution in [0.2, 0.25) is 5.02 Å². The average molecular weight is 278 g/mol. The molecule has 0 radical (unpaired) electrons. The summed E-state index contributed by atoms with van der Waals surface area (Å²) in [6.07, 6.45) is 0. The van der Waals surface area contributed by atoms with Crippen LogP contribution in [0.15, 0.2) is 22.0 Å². The highest BCUT2D eigenvalue weighted by Crippen LogP contribution is 2.36. The van der Waals surface area contributed by atoms with Crippen molar-refractivity contribution >= 4 is 49.0 Å². The number of thiophene rings is 1. The molecule has 0 aliphatic carbocycles. The number of aliphatic hydroxyl groups excluding tert-OH is 1. The standard InChI is InChI=1S/C9H6BrClOS/c10-8-5(3-12)1-2-6-7(11)4-13-9(6)8/h1-2,4,12H,3H2. The van der Waals surface area contributed by atoms with Gasteiger partial charge in [-0.15, -0.1) is 11.3 Å². The van der Waals surface area contributed by atoms with Gasteiger partial charge in [-0.25, -0.2) is 0 Å². The van der Waals surface area contributed by atoms with Crippen molar-refractivity contribution < 1.29 is 5.11 Å². The molecule has 2 aromatic rings. The fourth-order valence-corrected chi connectivity index (χ4v) is 3.18. The molecule has 0 fully saturated rings. The lowest BCUT2D eigenvalue weighted by Gasteiger charge is -2.01. The highest BCUT2D eigenvalue weighted by atomic mass is 79.9. The molecule has 0 spiro atoms. The van der Waals surface area contributed by atoms with Gasteiger partial charge in [-0.05, 0) is 21.5 Å². The fraction of sp³-hybridized carbons (Fsp3) is 0.111. The summed E-state index contributed by atoms with van der Waals surface area (Å²) in [5.41, 5.74) is 0.894. The summed E-state index contributed by atoms with van der Waals surface area (Å²) >= 11 is 11.0. The maximum Gasteiger partial charge on any atom is 0.0693 e. The zero-order valence-corrected chi connectivity index (χ0v) is 9.71. The average Bonchev–Trinajstić information content (AvgIpc) is 2.50. The molecule has 4 heteroatoms. The SMILES string of the molecule is OCc1ccc2c(Cl)csc2c1Br. The van der Waals surface area contributed by atoms with Crippen LogP contribution in [0, 0.1) is 0 Å². The van der Waals surface area contributed by atoms with Crippen LogP contribution in [0.5, 0.6) is 0 Å². The molecule has 0 saturated carbocycles. The fourth-order valence-electron chi connectivity index (χ4n) is 1.20. The van der Waals surface area contributed by atoms with Crippen molar-refractivity contribution in [2.75, 3.05) is 0 Å². The van der Waals surface area contributed by atoms with Gasteiger partial charge in [0.1, 0.15) is 0 Å². The number of benzene rings is 1. The third-order valence-corrected chi connectivity index (χ3v) is 4.51. The topological polar surface area (TPSA) is 20.2 Å². The molecule has 13 heavy (non-hydrogen) atoms. The summed E-state index contributed by atoms with van der Waals surface area (Å²) < 4.78 is 2.04. The predicted octanol–water partition coefficient (Wildman–Crippen LogP) is 3.81. The summed E-state index contributed by atoms with van der Waals surface area (Å²) in [5.74, 6) is 0. The number of hydrogen-bond donors (Lipinski definition) is 1. The molecule has 0 unspecified atom stereocenters. The number of hydrogen-bond acceptors (Lipinski definition) is 2. The molecule has 68 valence electrons. The van der Waals surface area contributed by atoms with Crippen LogP contribution in [-0.2, 0) is 6.61 Å². The molecule has 1 nitrogen and oxygen atoms in total. The third kappa shape index (κ3) is 1.50. The number of halogens is 2. The van der Waals surface area contributed by atoms with Gasteiger partial charge >= 0.3 is 0 Å². The van der Waals surface area contributed by atoms with E-state index in [0.717, 1.165) is 25.1 Å². The first-order chi connectivity index (χ1) is 6.24. The molecule has 1 aromatic heterocycles. The zero-order valence-electron chi connectivity index (χ0n) is 6.55.